The van der Waals surface area contributed by atoms with Gasteiger partial charge in [0.15, 0.2) is 0 Å². The van der Waals surface area contributed by atoms with Gasteiger partial charge < -0.3 is 5.32 Å². The zero-order valence-electron chi connectivity index (χ0n) is 9.62. The minimum atomic E-state index is 0.574. The van der Waals surface area contributed by atoms with E-state index in [1.165, 1.54) is 32.1 Å². The van der Waals surface area contributed by atoms with Gasteiger partial charge in [0.1, 0.15) is 12.1 Å². The third-order valence-electron chi connectivity index (χ3n) is 3.42. The van der Waals surface area contributed by atoms with Gasteiger partial charge in [-0.05, 0) is 34.7 Å². The van der Waals surface area contributed by atoms with Gasteiger partial charge in [-0.25, -0.2) is 9.97 Å². The Kier molecular flexibility index (Phi) is 4.16. The summed E-state index contributed by atoms with van der Waals surface area (Å²) in [5, 5.41) is 3.55. The molecule has 1 N–H and O–H groups in total. The molecule has 2 atom stereocenters. The summed E-state index contributed by atoms with van der Waals surface area (Å²) in [5.74, 6) is 1.72. The second kappa shape index (κ2) is 5.62. The highest BCUT2D eigenvalue weighted by atomic mass is 79.9. The lowest BCUT2D eigenvalue weighted by Gasteiger charge is -2.32. The number of hydrogen-bond acceptors (Lipinski definition) is 3. The van der Waals surface area contributed by atoms with E-state index in [-0.39, 0.29) is 0 Å². The van der Waals surface area contributed by atoms with Crippen LogP contribution in [0.1, 0.15) is 39.0 Å². The number of rotatable bonds is 3. The standard InChI is InChI=1S/C12H18BrN3/c1-2-9-5-3-4-6-11(9)16-12-10(13)7-14-8-15-12/h7-9,11H,2-6H2,1H3,(H,14,15,16). The zero-order chi connectivity index (χ0) is 11.4. The van der Waals surface area contributed by atoms with Crippen molar-refractivity contribution in [2.45, 2.75) is 45.1 Å². The minimum absolute atomic E-state index is 0.574. The lowest BCUT2D eigenvalue weighted by atomic mass is 9.83. The SMILES string of the molecule is CCC1CCCCC1Nc1ncncc1Br. The quantitative estimate of drug-likeness (QED) is 0.921. The van der Waals surface area contributed by atoms with E-state index in [0.29, 0.717) is 6.04 Å². The molecule has 0 spiro atoms. The second-order valence-corrected chi connectivity index (χ2v) is 5.28. The molecule has 0 amide bonds. The summed E-state index contributed by atoms with van der Waals surface area (Å²) >= 11 is 3.48. The van der Waals surface area contributed by atoms with Crippen LogP contribution in [0.4, 0.5) is 5.82 Å². The molecule has 0 aliphatic heterocycles. The Bertz CT molecular complexity index is 343. The average Bonchev–Trinajstić information content (AvgIpc) is 2.33. The summed E-state index contributed by atoms with van der Waals surface area (Å²) in [5.41, 5.74) is 0. The summed E-state index contributed by atoms with van der Waals surface area (Å²) < 4.78 is 0.954. The van der Waals surface area contributed by atoms with Gasteiger partial charge in [-0.15, -0.1) is 0 Å². The molecule has 0 bridgehead atoms. The maximum absolute atomic E-state index is 4.27. The molecule has 16 heavy (non-hydrogen) atoms. The maximum atomic E-state index is 4.27. The molecule has 4 heteroatoms. The molecule has 0 radical (unpaired) electrons. The Morgan fingerprint density at radius 1 is 1.44 bits per heavy atom. The predicted octanol–water partition coefficient (Wildman–Crippen LogP) is 3.62. The fourth-order valence-electron chi connectivity index (χ4n) is 2.48. The van der Waals surface area contributed by atoms with Gasteiger partial charge in [-0.3, -0.25) is 0 Å². The highest BCUT2D eigenvalue weighted by Gasteiger charge is 2.24. The largest absolute Gasteiger partial charge is 0.366 e. The molecular weight excluding hydrogens is 266 g/mol. The predicted molar refractivity (Wildman–Crippen MR) is 69.4 cm³/mol. The van der Waals surface area contributed by atoms with E-state index in [0.717, 1.165) is 16.2 Å². The first-order valence-corrected chi connectivity index (χ1v) is 6.82. The molecule has 3 nitrogen and oxygen atoms in total. The van der Waals surface area contributed by atoms with Crippen molar-refractivity contribution in [3.8, 4) is 0 Å². The van der Waals surface area contributed by atoms with E-state index in [1.807, 2.05) is 0 Å². The number of nitrogens with one attached hydrogen (secondary N) is 1. The van der Waals surface area contributed by atoms with Crippen LogP contribution in [-0.2, 0) is 0 Å². The smallest absolute Gasteiger partial charge is 0.143 e. The van der Waals surface area contributed by atoms with Crippen molar-refractivity contribution in [2.24, 2.45) is 5.92 Å². The molecule has 1 aliphatic carbocycles. The molecule has 0 saturated heterocycles. The maximum Gasteiger partial charge on any atom is 0.143 e. The minimum Gasteiger partial charge on any atom is -0.366 e. The number of halogens is 1. The molecule has 2 unspecified atom stereocenters. The van der Waals surface area contributed by atoms with Crippen LogP contribution in [0, 0.1) is 5.92 Å². The van der Waals surface area contributed by atoms with Crippen molar-refractivity contribution >= 4 is 21.7 Å². The van der Waals surface area contributed by atoms with Crippen molar-refractivity contribution < 1.29 is 0 Å². The number of hydrogen-bond donors (Lipinski definition) is 1. The van der Waals surface area contributed by atoms with Crippen molar-refractivity contribution in [3.63, 3.8) is 0 Å². The van der Waals surface area contributed by atoms with Crippen LogP contribution in [0.15, 0.2) is 17.0 Å². The number of nitrogens with zero attached hydrogens (tertiary/aromatic N) is 2. The molecule has 1 aromatic heterocycles. The Morgan fingerprint density at radius 2 is 2.25 bits per heavy atom. The molecule has 88 valence electrons. The van der Waals surface area contributed by atoms with E-state index in [4.69, 9.17) is 0 Å². The fourth-order valence-corrected chi connectivity index (χ4v) is 2.82. The van der Waals surface area contributed by atoms with Crippen molar-refractivity contribution in [1.29, 1.82) is 0 Å². The zero-order valence-corrected chi connectivity index (χ0v) is 11.2. The molecule has 1 heterocycles. The monoisotopic (exact) mass is 283 g/mol. The van der Waals surface area contributed by atoms with E-state index >= 15 is 0 Å². The highest BCUT2D eigenvalue weighted by molar-refractivity contribution is 9.10. The fraction of sp³-hybridized carbons (Fsp3) is 0.667. The second-order valence-electron chi connectivity index (χ2n) is 4.42. The van der Waals surface area contributed by atoms with E-state index in [2.05, 4.69) is 38.1 Å². The van der Waals surface area contributed by atoms with Crippen molar-refractivity contribution in [1.82, 2.24) is 9.97 Å². The van der Waals surface area contributed by atoms with Crippen molar-refractivity contribution in [2.75, 3.05) is 5.32 Å². The summed E-state index contributed by atoms with van der Waals surface area (Å²) in [4.78, 5) is 8.25. The Morgan fingerprint density at radius 3 is 3.00 bits per heavy atom. The highest BCUT2D eigenvalue weighted by Crippen LogP contribution is 2.30. The molecule has 1 fully saturated rings. The Balaban J connectivity index is 2.05. The summed E-state index contributed by atoms with van der Waals surface area (Å²) in [6, 6.07) is 0.574. The third kappa shape index (κ3) is 2.73. The first-order valence-electron chi connectivity index (χ1n) is 6.03. The molecule has 1 aliphatic rings. The average molecular weight is 284 g/mol. The summed E-state index contributed by atoms with van der Waals surface area (Å²) in [6.07, 6.45) is 9.95. The van der Waals surface area contributed by atoms with Crippen molar-refractivity contribution in [3.05, 3.63) is 17.0 Å². The van der Waals surface area contributed by atoms with Crippen LogP contribution in [0.2, 0.25) is 0 Å². The molecule has 1 aromatic rings. The van der Waals surface area contributed by atoms with Gasteiger partial charge in [-0.1, -0.05) is 26.2 Å². The van der Waals surface area contributed by atoms with Crippen LogP contribution in [0.3, 0.4) is 0 Å². The first kappa shape index (κ1) is 11.8. The molecule has 2 rings (SSSR count). The van der Waals surface area contributed by atoms with Gasteiger partial charge >= 0.3 is 0 Å². The number of aromatic nitrogens is 2. The topological polar surface area (TPSA) is 37.8 Å². The van der Waals surface area contributed by atoms with Gasteiger partial charge in [0.05, 0.1) is 4.47 Å². The van der Waals surface area contributed by atoms with Gasteiger partial charge in [-0.2, -0.15) is 0 Å². The summed E-state index contributed by atoms with van der Waals surface area (Å²) in [6.45, 7) is 2.28. The lowest BCUT2D eigenvalue weighted by molar-refractivity contribution is 0.316. The first-order chi connectivity index (χ1) is 7.81. The Labute approximate surface area is 105 Å². The van der Waals surface area contributed by atoms with Gasteiger partial charge in [0.2, 0.25) is 0 Å². The van der Waals surface area contributed by atoms with E-state index in [9.17, 15) is 0 Å². The van der Waals surface area contributed by atoms with Crippen LogP contribution < -0.4 is 5.32 Å². The lowest BCUT2D eigenvalue weighted by Crippen LogP contribution is -2.32. The molecular formula is C12H18BrN3. The van der Waals surface area contributed by atoms with Crippen LogP contribution in [0.25, 0.3) is 0 Å². The van der Waals surface area contributed by atoms with Crippen LogP contribution in [0.5, 0.6) is 0 Å². The van der Waals surface area contributed by atoms with Gasteiger partial charge in [0.25, 0.3) is 0 Å². The summed E-state index contributed by atoms with van der Waals surface area (Å²) in [7, 11) is 0. The third-order valence-corrected chi connectivity index (χ3v) is 4.00. The van der Waals surface area contributed by atoms with Crippen LogP contribution in [-0.4, -0.2) is 16.0 Å². The van der Waals surface area contributed by atoms with Gasteiger partial charge in [0, 0.05) is 12.2 Å². The Hall–Kier alpha value is -0.640. The number of anilines is 1. The van der Waals surface area contributed by atoms with Crippen LogP contribution >= 0.6 is 15.9 Å². The normalized spacial score (nSPS) is 25.4. The molecule has 1 saturated carbocycles. The van der Waals surface area contributed by atoms with E-state index < -0.39 is 0 Å². The van der Waals surface area contributed by atoms with E-state index in [1.54, 1.807) is 12.5 Å². The molecule has 0 aromatic carbocycles.